The van der Waals surface area contributed by atoms with Gasteiger partial charge in [0.15, 0.2) is 0 Å². The monoisotopic (exact) mass is 475 g/mol. The van der Waals surface area contributed by atoms with Crippen LogP contribution in [0.15, 0.2) is 48.8 Å². The van der Waals surface area contributed by atoms with Crippen LogP contribution in [0.4, 0.5) is 0 Å². The normalized spacial score (nSPS) is 17.5. The van der Waals surface area contributed by atoms with Crippen molar-refractivity contribution in [2.75, 3.05) is 26.2 Å². The van der Waals surface area contributed by atoms with E-state index in [9.17, 15) is 14.7 Å². The van der Waals surface area contributed by atoms with E-state index in [1.165, 1.54) is 16.7 Å². The zero-order chi connectivity index (χ0) is 24.4. The van der Waals surface area contributed by atoms with Gasteiger partial charge >= 0.3 is 0 Å². The van der Waals surface area contributed by atoms with Gasteiger partial charge in [-0.25, -0.2) is 4.98 Å². The summed E-state index contributed by atoms with van der Waals surface area (Å²) in [5.41, 5.74) is 4.97. The number of nitrogens with one attached hydrogen (secondary N) is 2. The number of aromatic nitrogens is 2. The molecule has 0 spiro atoms. The quantitative estimate of drug-likeness (QED) is 0.485. The van der Waals surface area contributed by atoms with Crippen LogP contribution in [0.25, 0.3) is 5.65 Å². The minimum absolute atomic E-state index is 0.133. The van der Waals surface area contributed by atoms with Gasteiger partial charge in [-0.15, -0.1) is 0 Å². The molecule has 1 fully saturated rings. The molecule has 2 amide bonds. The number of fused-ring (bicyclic) bond motifs is 2. The van der Waals surface area contributed by atoms with Crippen LogP contribution in [0.5, 0.6) is 0 Å². The zero-order valence-corrected chi connectivity index (χ0v) is 20.1. The number of rotatable bonds is 7. The number of piperidine rings is 1. The first-order valence-corrected chi connectivity index (χ1v) is 12.5. The van der Waals surface area contributed by atoms with Crippen molar-refractivity contribution in [2.45, 2.75) is 50.7 Å². The molecule has 3 N–H and O–H groups in total. The number of aliphatic hydroxyl groups excluding tert-OH is 1. The van der Waals surface area contributed by atoms with E-state index < -0.39 is 6.10 Å². The number of amides is 2. The van der Waals surface area contributed by atoms with E-state index in [-0.39, 0.29) is 18.4 Å². The van der Waals surface area contributed by atoms with Gasteiger partial charge in [0, 0.05) is 51.5 Å². The van der Waals surface area contributed by atoms with Gasteiger partial charge in [-0.05, 0) is 54.4 Å². The summed E-state index contributed by atoms with van der Waals surface area (Å²) in [6.45, 7) is 3.77. The summed E-state index contributed by atoms with van der Waals surface area (Å²) in [5.74, 6) is 0.233. The Bertz CT molecular complexity index is 1190. The molecule has 1 aliphatic carbocycles. The van der Waals surface area contributed by atoms with Crippen molar-refractivity contribution in [3.05, 3.63) is 71.2 Å². The average Bonchev–Trinajstić information content (AvgIpc) is 3.49. The molecule has 3 aromatic rings. The van der Waals surface area contributed by atoms with Gasteiger partial charge in [-0.3, -0.25) is 9.59 Å². The van der Waals surface area contributed by atoms with Gasteiger partial charge in [0.2, 0.25) is 5.91 Å². The maximum atomic E-state index is 12.7. The molecule has 1 saturated heterocycles. The van der Waals surface area contributed by atoms with Gasteiger partial charge < -0.3 is 25.0 Å². The molecular formula is C27H33N5O3. The van der Waals surface area contributed by atoms with Crippen molar-refractivity contribution < 1.29 is 14.7 Å². The first kappa shape index (κ1) is 23.5. The van der Waals surface area contributed by atoms with E-state index in [0.717, 1.165) is 38.8 Å². The molecule has 2 aliphatic rings. The van der Waals surface area contributed by atoms with Crippen molar-refractivity contribution >= 4 is 17.5 Å². The van der Waals surface area contributed by atoms with E-state index in [4.69, 9.17) is 0 Å². The standard InChI is InChI=1S/C27H33N5O3/c1-18(33)31-10-8-19(9-11-31)22-6-7-26-30-25(17-32(26)16-22)27(35)29-15-24(34)14-28-23-12-20-4-2-3-5-21(20)13-23/h2-7,16-17,19,23-24,28,34H,8-15H2,1H3,(H,29,35). The molecular weight excluding hydrogens is 442 g/mol. The molecule has 3 heterocycles. The molecule has 0 bridgehead atoms. The summed E-state index contributed by atoms with van der Waals surface area (Å²) in [7, 11) is 0. The molecule has 1 atom stereocenters. The van der Waals surface area contributed by atoms with Crippen molar-refractivity contribution in [3.8, 4) is 0 Å². The topological polar surface area (TPSA) is 99.0 Å². The van der Waals surface area contributed by atoms with Gasteiger partial charge in [-0.1, -0.05) is 30.3 Å². The second kappa shape index (κ2) is 10.2. The first-order valence-electron chi connectivity index (χ1n) is 12.5. The van der Waals surface area contributed by atoms with E-state index >= 15 is 0 Å². The molecule has 8 nitrogen and oxygen atoms in total. The van der Waals surface area contributed by atoms with Crippen molar-refractivity contribution in [1.82, 2.24) is 24.9 Å². The number of benzene rings is 1. The summed E-state index contributed by atoms with van der Waals surface area (Å²) < 4.78 is 1.89. The Kier molecular flexibility index (Phi) is 6.83. The third-order valence-electron chi connectivity index (χ3n) is 7.31. The van der Waals surface area contributed by atoms with Crippen LogP contribution in [0.3, 0.4) is 0 Å². The highest BCUT2D eigenvalue weighted by Gasteiger charge is 2.23. The Balaban J connectivity index is 1.11. The molecule has 1 unspecified atom stereocenters. The summed E-state index contributed by atoms with van der Waals surface area (Å²) in [4.78, 5) is 30.6. The molecule has 0 saturated carbocycles. The molecule has 1 aromatic carbocycles. The minimum Gasteiger partial charge on any atom is -0.390 e. The van der Waals surface area contributed by atoms with E-state index in [2.05, 4.69) is 45.9 Å². The number of pyridine rings is 1. The number of carbonyl (C=O) groups is 2. The van der Waals surface area contributed by atoms with Gasteiger partial charge in [-0.2, -0.15) is 0 Å². The third kappa shape index (κ3) is 5.39. The van der Waals surface area contributed by atoms with Crippen molar-refractivity contribution in [2.24, 2.45) is 0 Å². The van der Waals surface area contributed by atoms with E-state index in [1.807, 2.05) is 21.6 Å². The average molecular weight is 476 g/mol. The smallest absolute Gasteiger partial charge is 0.271 e. The van der Waals surface area contributed by atoms with Crippen LogP contribution in [-0.4, -0.2) is 69.5 Å². The Morgan fingerprint density at radius 2 is 1.77 bits per heavy atom. The predicted octanol–water partition coefficient (Wildman–Crippen LogP) is 1.91. The van der Waals surface area contributed by atoms with E-state index in [1.54, 1.807) is 13.1 Å². The molecule has 1 aliphatic heterocycles. The fourth-order valence-corrected chi connectivity index (χ4v) is 5.27. The molecule has 5 rings (SSSR count). The highest BCUT2D eigenvalue weighted by molar-refractivity contribution is 5.92. The zero-order valence-electron chi connectivity index (χ0n) is 20.1. The van der Waals surface area contributed by atoms with Gasteiger partial charge in [0.1, 0.15) is 11.3 Å². The van der Waals surface area contributed by atoms with Crippen LogP contribution in [0.2, 0.25) is 0 Å². The lowest BCUT2D eigenvalue weighted by Crippen LogP contribution is -2.41. The Morgan fingerprint density at radius 3 is 2.46 bits per heavy atom. The number of carbonyl (C=O) groups excluding carboxylic acids is 2. The lowest BCUT2D eigenvalue weighted by atomic mass is 9.90. The lowest BCUT2D eigenvalue weighted by molar-refractivity contribution is -0.129. The van der Waals surface area contributed by atoms with E-state index in [0.29, 0.717) is 29.8 Å². The predicted molar refractivity (Wildman–Crippen MR) is 133 cm³/mol. The van der Waals surface area contributed by atoms with Crippen LogP contribution in [0, 0.1) is 0 Å². The highest BCUT2D eigenvalue weighted by atomic mass is 16.3. The number of hydrogen-bond donors (Lipinski definition) is 3. The molecule has 2 aromatic heterocycles. The van der Waals surface area contributed by atoms with Crippen LogP contribution in [0.1, 0.15) is 52.9 Å². The number of likely N-dealkylation sites (tertiary alicyclic amines) is 1. The van der Waals surface area contributed by atoms with Crippen molar-refractivity contribution in [3.63, 3.8) is 0 Å². The van der Waals surface area contributed by atoms with Gasteiger partial charge in [0.05, 0.1) is 6.10 Å². The largest absolute Gasteiger partial charge is 0.390 e. The first-order chi connectivity index (χ1) is 17.0. The number of hydrogen-bond acceptors (Lipinski definition) is 5. The SMILES string of the molecule is CC(=O)N1CCC(c2ccc3nc(C(=O)NCC(O)CNC4Cc5ccccc5C4)cn3c2)CC1. The fourth-order valence-electron chi connectivity index (χ4n) is 5.27. The maximum absolute atomic E-state index is 12.7. The Labute approximate surface area is 205 Å². The molecule has 35 heavy (non-hydrogen) atoms. The maximum Gasteiger partial charge on any atom is 0.271 e. The highest BCUT2D eigenvalue weighted by Crippen LogP contribution is 2.28. The lowest BCUT2D eigenvalue weighted by Gasteiger charge is -2.31. The Hall–Kier alpha value is -3.23. The van der Waals surface area contributed by atoms with Crippen LogP contribution in [-0.2, 0) is 17.6 Å². The summed E-state index contributed by atoms with van der Waals surface area (Å²) in [5, 5.41) is 16.6. The van der Waals surface area contributed by atoms with Gasteiger partial charge in [0.25, 0.3) is 5.91 Å². The fraction of sp³-hybridized carbons (Fsp3) is 0.444. The third-order valence-corrected chi connectivity index (χ3v) is 7.31. The molecule has 8 heteroatoms. The van der Waals surface area contributed by atoms with Crippen molar-refractivity contribution in [1.29, 1.82) is 0 Å². The second-order valence-electron chi connectivity index (χ2n) is 9.78. The second-order valence-corrected chi connectivity index (χ2v) is 9.78. The number of aliphatic hydroxyl groups is 1. The number of imidazole rings is 1. The van der Waals surface area contributed by atoms with Crippen LogP contribution < -0.4 is 10.6 Å². The Morgan fingerprint density at radius 1 is 1.06 bits per heavy atom. The summed E-state index contributed by atoms with van der Waals surface area (Å²) in [6.07, 6.45) is 6.90. The minimum atomic E-state index is -0.674. The summed E-state index contributed by atoms with van der Waals surface area (Å²) in [6, 6.07) is 12.7. The molecule has 184 valence electrons. The summed E-state index contributed by atoms with van der Waals surface area (Å²) >= 11 is 0. The number of nitrogens with zero attached hydrogens (tertiary/aromatic N) is 3. The molecule has 0 radical (unpaired) electrons. The van der Waals surface area contributed by atoms with Crippen LogP contribution >= 0.6 is 0 Å².